The van der Waals surface area contributed by atoms with Gasteiger partial charge in [0.1, 0.15) is 6.33 Å². The molecule has 2 heterocycles. The van der Waals surface area contributed by atoms with Gasteiger partial charge in [0.15, 0.2) is 5.16 Å². The number of thioether (sulfide) groups is 1. The predicted molar refractivity (Wildman–Crippen MR) is 75.4 cm³/mol. The molecular formula is C11H14ClN3OS2. The summed E-state index contributed by atoms with van der Waals surface area (Å²) in [4.78, 5) is 1.25. The summed E-state index contributed by atoms with van der Waals surface area (Å²) in [6.07, 6.45) is 2.73. The Hall–Kier alpha value is -0.560. The van der Waals surface area contributed by atoms with Crippen molar-refractivity contribution in [3.05, 3.63) is 27.7 Å². The molecule has 18 heavy (non-hydrogen) atoms. The standard InChI is InChI=1S/C11H14ClN3OS2/c1-16-6-2-5-15-8-13-14-11(15)17-7-9-3-4-10(12)18-9/h3-4,8H,2,5-7H2,1H3. The highest BCUT2D eigenvalue weighted by Gasteiger charge is 2.06. The summed E-state index contributed by atoms with van der Waals surface area (Å²) < 4.78 is 7.92. The number of thiophene rings is 1. The van der Waals surface area contributed by atoms with Crippen LogP contribution in [0.1, 0.15) is 11.3 Å². The maximum Gasteiger partial charge on any atom is 0.191 e. The molecule has 0 amide bonds. The Morgan fingerprint density at radius 2 is 2.39 bits per heavy atom. The molecule has 98 valence electrons. The normalized spacial score (nSPS) is 11.0. The summed E-state index contributed by atoms with van der Waals surface area (Å²) in [6, 6.07) is 3.97. The Balaban J connectivity index is 1.87. The van der Waals surface area contributed by atoms with E-state index in [0.29, 0.717) is 0 Å². The molecule has 0 atom stereocenters. The van der Waals surface area contributed by atoms with Gasteiger partial charge in [-0.05, 0) is 18.6 Å². The molecule has 0 N–H and O–H groups in total. The van der Waals surface area contributed by atoms with Crippen molar-refractivity contribution < 1.29 is 4.74 Å². The average Bonchev–Trinajstić information content (AvgIpc) is 2.96. The van der Waals surface area contributed by atoms with Gasteiger partial charge in [-0.15, -0.1) is 21.5 Å². The van der Waals surface area contributed by atoms with Crippen molar-refractivity contribution in [1.29, 1.82) is 0 Å². The Morgan fingerprint density at radius 1 is 1.50 bits per heavy atom. The fourth-order valence-corrected chi connectivity index (χ4v) is 3.53. The molecule has 0 saturated carbocycles. The molecule has 4 nitrogen and oxygen atoms in total. The molecule has 0 aliphatic carbocycles. The summed E-state index contributed by atoms with van der Waals surface area (Å²) in [6.45, 7) is 1.64. The average molecular weight is 304 g/mol. The van der Waals surface area contributed by atoms with Gasteiger partial charge < -0.3 is 9.30 Å². The lowest BCUT2D eigenvalue weighted by Crippen LogP contribution is -2.01. The van der Waals surface area contributed by atoms with E-state index in [1.165, 1.54) is 4.88 Å². The molecule has 2 rings (SSSR count). The van der Waals surface area contributed by atoms with Gasteiger partial charge in [-0.3, -0.25) is 0 Å². The number of nitrogens with zero attached hydrogens (tertiary/aromatic N) is 3. The van der Waals surface area contributed by atoms with E-state index in [0.717, 1.165) is 34.8 Å². The van der Waals surface area contributed by atoms with Gasteiger partial charge in [-0.25, -0.2) is 0 Å². The van der Waals surface area contributed by atoms with Gasteiger partial charge >= 0.3 is 0 Å². The topological polar surface area (TPSA) is 39.9 Å². The third kappa shape index (κ3) is 3.98. The van der Waals surface area contributed by atoms with Gasteiger partial charge in [0.05, 0.1) is 4.34 Å². The second-order valence-electron chi connectivity index (χ2n) is 3.65. The largest absolute Gasteiger partial charge is 0.385 e. The van der Waals surface area contributed by atoms with Crippen molar-refractivity contribution in [2.45, 2.75) is 23.9 Å². The number of hydrogen-bond acceptors (Lipinski definition) is 5. The number of hydrogen-bond donors (Lipinski definition) is 0. The van der Waals surface area contributed by atoms with Crippen molar-refractivity contribution in [2.75, 3.05) is 13.7 Å². The molecular weight excluding hydrogens is 290 g/mol. The van der Waals surface area contributed by atoms with Crippen LogP contribution in [-0.2, 0) is 17.0 Å². The fourth-order valence-electron chi connectivity index (χ4n) is 1.45. The van der Waals surface area contributed by atoms with Crippen molar-refractivity contribution in [3.63, 3.8) is 0 Å². The molecule has 0 radical (unpaired) electrons. The monoisotopic (exact) mass is 303 g/mol. The number of methoxy groups -OCH3 is 1. The third-order valence-corrected chi connectivity index (χ3v) is 4.74. The zero-order valence-corrected chi connectivity index (χ0v) is 12.4. The van der Waals surface area contributed by atoms with Crippen molar-refractivity contribution in [3.8, 4) is 0 Å². The number of halogens is 1. The smallest absolute Gasteiger partial charge is 0.191 e. The molecule has 0 aromatic carbocycles. The quantitative estimate of drug-likeness (QED) is 0.581. The van der Waals surface area contributed by atoms with Crippen molar-refractivity contribution in [1.82, 2.24) is 14.8 Å². The minimum atomic E-state index is 0.753. The van der Waals surface area contributed by atoms with Crippen LogP contribution in [0.15, 0.2) is 23.6 Å². The zero-order valence-electron chi connectivity index (χ0n) is 10.0. The predicted octanol–water partition coefficient (Wildman–Crippen LogP) is 3.32. The number of ether oxygens (including phenoxy) is 1. The zero-order chi connectivity index (χ0) is 12.8. The van der Waals surface area contributed by atoms with Crippen LogP contribution in [0.3, 0.4) is 0 Å². The summed E-state index contributed by atoms with van der Waals surface area (Å²) in [5, 5.41) is 9.01. The van der Waals surface area contributed by atoms with Gasteiger partial charge in [0.25, 0.3) is 0 Å². The molecule has 0 spiro atoms. The fraction of sp³-hybridized carbons (Fsp3) is 0.455. The molecule has 0 aliphatic rings. The number of aryl methyl sites for hydroxylation is 1. The Bertz CT molecular complexity index is 486. The van der Waals surface area contributed by atoms with Gasteiger partial charge in [-0.2, -0.15) is 0 Å². The van der Waals surface area contributed by atoms with E-state index < -0.39 is 0 Å². The minimum Gasteiger partial charge on any atom is -0.385 e. The molecule has 0 saturated heterocycles. The van der Waals surface area contributed by atoms with Crippen LogP contribution in [0.2, 0.25) is 4.34 Å². The summed E-state index contributed by atoms with van der Waals surface area (Å²) in [7, 11) is 1.71. The first-order valence-electron chi connectivity index (χ1n) is 5.53. The van der Waals surface area contributed by atoms with Crippen LogP contribution < -0.4 is 0 Å². The van der Waals surface area contributed by atoms with Crippen LogP contribution in [0, 0.1) is 0 Å². The molecule has 7 heteroatoms. The lowest BCUT2D eigenvalue weighted by atomic mass is 10.4. The molecule has 2 aromatic heterocycles. The van der Waals surface area contributed by atoms with Crippen molar-refractivity contribution in [2.24, 2.45) is 0 Å². The second kappa shape index (κ2) is 7.13. The number of rotatable bonds is 7. The summed E-state index contributed by atoms with van der Waals surface area (Å²) >= 11 is 9.18. The van der Waals surface area contributed by atoms with Crippen molar-refractivity contribution >= 4 is 34.7 Å². The first kappa shape index (κ1) is 13.9. The summed E-state index contributed by atoms with van der Waals surface area (Å²) in [5.41, 5.74) is 0. The van der Waals surface area contributed by atoms with E-state index in [-0.39, 0.29) is 0 Å². The van der Waals surface area contributed by atoms with Crippen LogP contribution in [-0.4, -0.2) is 28.5 Å². The molecule has 0 bridgehead atoms. The Morgan fingerprint density at radius 3 is 3.11 bits per heavy atom. The molecule has 0 aliphatic heterocycles. The van der Waals surface area contributed by atoms with E-state index in [1.807, 2.05) is 12.1 Å². The Labute approximate surface area is 119 Å². The first-order chi connectivity index (χ1) is 8.79. The number of aromatic nitrogens is 3. The third-order valence-electron chi connectivity index (χ3n) is 2.30. The molecule has 0 fully saturated rings. The molecule has 2 aromatic rings. The van der Waals surface area contributed by atoms with Gasteiger partial charge in [0, 0.05) is 30.9 Å². The minimum absolute atomic E-state index is 0.753. The van der Waals surface area contributed by atoms with E-state index >= 15 is 0 Å². The van der Waals surface area contributed by atoms with E-state index in [4.69, 9.17) is 16.3 Å². The van der Waals surface area contributed by atoms with E-state index in [1.54, 1.807) is 36.5 Å². The SMILES string of the molecule is COCCCn1cnnc1SCc1ccc(Cl)s1. The molecule has 0 unspecified atom stereocenters. The van der Waals surface area contributed by atoms with E-state index in [9.17, 15) is 0 Å². The highest BCUT2D eigenvalue weighted by molar-refractivity contribution is 7.98. The second-order valence-corrected chi connectivity index (χ2v) is 6.39. The van der Waals surface area contributed by atoms with E-state index in [2.05, 4.69) is 14.8 Å². The van der Waals surface area contributed by atoms with Crippen LogP contribution >= 0.6 is 34.7 Å². The highest BCUT2D eigenvalue weighted by Crippen LogP contribution is 2.28. The summed E-state index contributed by atoms with van der Waals surface area (Å²) in [5.74, 6) is 0.875. The highest BCUT2D eigenvalue weighted by atomic mass is 35.5. The maximum absolute atomic E-state index is 5.90. The van der Waals surface area contributed by atoms with Crippen LogP contribution in [0.25, 0.3) is 0 Å². The Kier molecular flexibility index (Phi) is 5.49. The van der Waals surface area contributed by atoms with Gasteiger partial charge in [-0.1, -0.05) is 23.4 Å². The van der Waals surface area contributed by atoms with Crippen LogP contribution in [0.4, 0.5) is 0 Å². The van der Waals surface area contributed by atoms with Crippen LogP contribution in [0.5, 0.6) is 0 Å². The lowest BCUT2D eigenvalue weighted by molar-refractivity contribution is 0.189. The maximum atomic E-state index is 5.90. The first-order valence-corrected chi connectivity index (χ1v) is 7.71. The lowest BCUT2D eigenvalue weighted by Gasteiger charge is -2.04. The van der Waals surface area contributed by atoms with Gasteiger partial charge in [0.2, 0.25) is 0 Å².